The van der Waals surface area contributed by atoms with Crippen molar-refractivity contribution in [3.05, 3.63) is 46.9 Å². The first-order chi connectivity index (χ1) is 21.1. The third-order valence-electron chi connectivity index (χ3n) is 8.76. The molecule has 1 aromatic rings. The van der Waals surface area contributed by atoms with Gasteiger partial charge in [-0.15, -0.1) is 23.4 Å². The molecule has 2 saturated heterocycles. The second-order valence-electron chi connectivity index (χ2n) is 11.8. The monoisotopic (exact) mass is 711 g/mol. The Morgan fingerprint density at radius 2 is 1.84 bits per heavy atom. The maximum absolute atomic E-state index is 13.5. The number of likely N-dealkylation sites (tertiary alicyclic amines) is 1. The highest BCUT2D eigenvalue weighted by molar-refractivity contribution is 7.99. The van der Waals surface area contributed by atoms with Gasteiger partial charge in [0.1, 0.15) is 23.2 Å². The predicted octanol–water partition coefficient (Wildman–Crippen LogP) is 2.56. The van der Waals surface area contributed by atoms with Crippen LogP contribution in [-0.2, 0) is 19.9 Å². The molecule has 0 spiro atoms. The number of thioether (sulfide) groups is 1. The number of hydrogen-bond acceptors (Lipinski definition) is 10. The minimum atomic E-state index is -2.28. The summed E-state index contributed by atoms with van der Waals surface area (Å²) in [7, 11) is 1.88. The number of alkyl halides is 3. The molecule has 45 heavy (non-hydrogen) atoms. The van der Waals surface area contributed by atoms with Gasteiger partial charge in [0.2, 0.25) is 5.91 Å². The molecule has 1 aromatic carbocycles. The van der Waals surface area contributed by atoms with Crippen molar-refractivity contribution in [2.45, 2.75) is 90.8 Å². The molecule has 0 aromatic heterocycles. The van der Waals surface area contributed by atoms with Gasteiger partial charge >= 0.3 is 0 Å². The Labute approximate surface area is 282 Å². The highest BCUT2D eigenvalue weighted by Gasteiger charge is 2.58. The third-order valence-corrected chi connectivity index (χ3v) is 10.3. The normalized spacial score (nSPS) is 30.7. The number of amides is 2. The van der Waals surface area contributed by atoms with Gasteiger partial charge in [-0.3, -0.25) is 24.6 Å². The van der Waals surface area contributed by atoms with Crippen LogP contribution in [0.5, 0.6) is 0 Å². The largest absolute Gasteiger partial charge is 0.390 e. The van der Waals surface area contributed by atoms with Crippen molar-refractivity contribution < 1.29 is 34.6 Å². The molecule has 8 unspecified atom stereocenters. The zero-order chi connectivity index (χ0) is 33.8. The molecular formula is C29H42Cl3N4O8S. The van der Waals surface area contributed by atoms with E-state index in [4.69, 9.17) is 39.5 Å². The Morgan fingerprint density at radius 3 is 2.36 bits per heavy atom. The summed E-state index contributed by atoms with van der Waals surface area (Å²) in [6.07, 6.45) is -0.262. The summed E-state index contributed by atoms with van der Waals surface area (Å²) in [6.45, 7) is 8.40. The lowest BCUT2D eigenvalue weighted by atomic mass is 9.70. The maximum atomic E-state index is 13.5. The van der Waals surface area contributed by atoms with Crippen molar-refractivity contribution >= 4 is 64.1 Å². The molecule has 16 heteroatoms. The molecule has 253 valence electrons. The second kappa shape index (κ2) is 16.1. The number of ether oxygens (including phenoxy) is 1. The van der Waals surface area contributed by atoms with E-state index >= 15 is 0 Å². The van der Waals surface area contributed by atoms with E-state index in [2.05, 4.69) is 24.5 Å². The number of aliphatic hydroxyl groups is 3. The summed E-state index contributed by atoms with van der Waals surface area (Å²) >= 11 is 19.1. The van der Waals surface area contributed by atoms with Gasteiger partial charge in [0.25, 0.3) is 11.6 Å². The molecule has 2 aliphatic heterocycles. The van der Waals surface area contributed by atoms with Crippen LogP contribution in [0, 0.1) is 28.9 Å². The second-order valence-corrected chi connectivity index (χ2v) is 14.5. The number of carbonyl (C=O) groups is 2. The lowest BCUT2D eigenvalue weighted by Gasteiger charge is -2.52. The average molecular weight is 713 g/mol. The molecule has 2 fully saturated rings. The number of nitrogens with one attached hydrogen (secondary N) is 2. The van der Waals surface area contributed by atoms with E-state index in [0.29, 0.717) is 12.3 Å². The Kier molecular flexibility index (Phi) is 13.6. The molecule has 11 atom stereocenters. The van der Waals surface area contributed by atoms with Crippen molar-refractivity contribution in [3.63, 3.8) is 0 Å². The summed E-state index contributed by atoms with van der Waals surface area (Å²) < 4.78 is 6.32. The SMILES string of the molecule is [CH2]C(NC(=O)C(Cl)Cl)[C@@](O)(c1ccc([N+](=O)[O-])cc1)[C@H]1C(O)C(O)C(C(NC(=O)C2CC(CCC)CN2C)C(C)Cl)O[C@@H]1SC. The van der Waals surface area contributed by atoms with Gasteiger partial charge in [0, 0.05) is 18.7 Å². The molecule has 5 N–H and O–H groups in total. The van der Waals surface area contributed by atoms with E-state index in [1.54, 1.807) is 13.2 Å². The fourth-order valence-electron chi connectivity index (χ4n) is 6.42. The van der Waals surface area contributed by atoms with E-state index in [9.17, 15) is 35.0 Å². The van der Waals surface area contributed by atoms with Crippen LogP contribution in [0.2, 0.25) is 0 Å². The van der Waals surface area contributed by atoms with Gasteiger partial charge in [0.15, 0.2) is 4.84 Å². The molecule has 2 aliphatic rings. The smallest absolute Gasteiger partial charge is 0.269 e. The lowest BCUT2D eigenvalue weighted by Crippen LogP contribution is -2.69. The number of nitro groups is 1. The zero-order valence-electron chi connectivity index (χ0n) is 25.5. The molecule has 3 rings (SSSR count). The summed E-state index contributed by atoms with van der Waals surface area (Å²) in [5.41, 5.74) is -3.57. The van der Waals surface area contributed by atoms with E-state index in [-0.39, 0.29) is 17.2 Å². The Bertz CT molecular complexity index is 1180. The van der Waals surface area contributed by atoms with Crippen molar-refractivity contribution in [3.8, 4) is 0 Å². The number of nitrogens with zero attached hydrogens (tertiary/aromatic N) is 2. The number of benzene rings is 1. The first-order valence-electron chi connectivity index (χ1n) is 14.7. The Morgan fingerprint density at radius 1 is 1.22 bits per heavy atom. The Balaban J connectivity index is 1.97. The van der Waals surface area contributed by atoms with Gasteiger partial charge in [-0.05, 0) is 63.6 Å². The van der Waals surface area contributed by atoms with Gasteiger partial charge in [-0.25, -0.2) is 0 Å². The zero-order valence-corrected chi connectivity index (χ0v) is 28.6. The quantitative estimate of drug-likeness (QED) is 0.116. The molecular weight excluding hydrogens is 671 g/mol. The van der Waals surface area contributed by atoms with E-state index in [1.807, 2.05) is 11.9 Å². The summed E-state index contributed by atoms with van der Waals surface area (Å²) in [6, 6.07) is 2.05. The van der Waals surface area contributed by atoms with Gasteiger partial charge in [-0.1, -0.05) is 36.5 Å². The molecule has 2 amide bonds. The van der Waals surface area contributed by atoms with Crippen molar-refractivity contribution in [1.29, 1.82) is 0 Å². The molecule has 0 aliphatic carbocycles. The fourth-order valence-corrected chi connectivity index (χ4v) is 7.66. The number of likely N-dealkylation sites (N-methyl/N-ethyl adjacent to an activating group) is 1. The first-order valence-corrected chi connectivity index (χ1v) is 17.3. The number of carbonyl (C=O) groups excluding carboxylic acids is 2. The average Bonchev–Trinajstić information content (AvgIpc) is 3.36. The minimum absolute atomic E-state index is 0.0351. The van der Waals surface area contributed by atoms with Crippen LogP contribution in [0.4, 0.5) is 5.69 Å². The molecule has 2 heterocycles. The summed E-state index contributed by atoms with van der Waals surface area (Å²) in [5, 5.41) is 51.5. The van der Waals surface area contributed by atoms with E-state index in [0.717, 1.165) is 43.3 Å². The summed E-state index contributed by atoms with van der Waals surface area (Å²) in [5.74, 6) is -2.16. The van der Waals surface area contributed by atoms with Crippen molar-refractivity contribution in [1.82, 2.24) is 15.5 Å². The first kappa shape index (κ1) is 38.0. The number of nitro benzene ring substituents is 1. The topological polar surface area (TPSA) is 174 Å². The summed E-state index contributed by atoms with van der Waals surface area (Å²) in [4.78, 5) is 37.0. The highest BCUT2D eigenvalue weighted by Crippen LogP contribution is 2.46. The molecule has 0 saturated carbocycles. The van der Waals surface area contributed by atoms with Crippen LogP contribution in [0.15, 0.2) is 24.3 Å². The fraction of sp³-hybridized carbons (Fsp3) is 0.690. The van der Waals surface area contributed by atoms with Crippen LogP contribution < -0.4 is 10.6 Å². The number of hydrogen-bond donors (Lipinski definition) is 5. The van der Waals surface area contributed by atoms with E-state index in [1.165, 1.54) is 12.1 Å². The molecule has 0 bridgehead atoms. The van der Waals surface area contributed by atoms with E-state index < -0.39 is 74.4 Å². The van der Waals surface area contributed by atoms with Crippen LogP contribution in [0.25, 0.3) is 0 Å². The van der Waals surface area contributed by atoms with Crippen molar-refractivity contribution in [2.24, 2.45) is 11.8 Å². The van der Waals surface area contributed by atoms with Gasteiger partial charge in [-0.2, -0.15) is 0 Å². The number of halogens is 3. The third kappa shape index (κ3) is 8.36. The van der Waals surface area contributed by atoms with Crippen LogP contribution in [-0.4, -0.2) is 109 Å². The highest BCUT2D eigenvalue weighted by atomic mass is 35.5. The maximum Gasteiger partial charge on any atom is 0.269 e. The minimum Gasteiger partial charge on any atom is -0.390 e. The molecule has 12 nitrogen and oxygen atoms in total. The van der Waals surface area contributed by atoms with Crippen LogP contribution in [0.3, 0.4) is 0 Å². The van der Waals surface area contributed by atoms with Gasteiger partial charge in [0.05, 0.1) is 40.4 Å². The number of aliphatic hydroxyl groups excluding tert-OH is 2. The van der Waals surface area contributed by atoms with Crippen LogP contribution in [0.1, 0.15) is 38.7 Å². The van der Waals surface area contributed by atoms with Crippen molar-refractivity contribution in [2.75, 3.05) is 19.8 Å². The standard InChI is InChI=1S/C29H42Cl3N4O8S/c1-6-7-16-12-19(35(4)13-16)26(39)34-21(14(2)30)24-23(38)22(37)20(28(44-24)45-5)29(41,15(3)33-27(40)25(31)32)17-8-10-18(11-9-17)36(42)43/h8-11,14-16,19-25,28,37-38,41H,3,6-7,12-13H2,1-2,4-5H3,(H,33,40)(H,34,39)/t14?,15?,16?,19?,20-,21?,22?,23?,24?,28+,29+/m0/s1. The lowest BCUT2D eigenvalue weighted by molar-refractivity contribution is -0.384. The predicted molar refractivity (Wildman–Crippen MR) is 174 cm³/mol. The number of non-ortho nitro benzene ring substituents is 1. The number of rotatable bonds is 13. The Hall–Kier alpha value is -1.42. The van der Waals surface area contributed by atoms with Gasteiger partial charge < -0.3 is 30.7 Å². The molecule has 1 radical (unpaired) electrons. The van der Waals surface area contributed by atoms with Crippen LogP contribution >= 0.6 is 46.6 Å².